The highest BCUT2D eigenvalue weighted by Gasteiger charge is 2.24. The van der Waals surface area contributed by atoms with Gasteiger partial charge >= 0.3 is 0 Å². The van der Waals surface area contributed by atoms with Gasteiger partial charge in [-0.2, -0.15) is 0 Å². The summed E-state index contributed by atoms with van der Waals surface area (Å²) in [5.41, 5.74) is 7.96. The second-order valence-electron chi connectivity index (χ2n) is 8.46. The summed E-state index contributed by atoms with van der Waals surface area (Å²) >= 11 is 0.879. The van der Waals surface area contributed by atoms with E-state index < -0.39 is 23.0 Å². The number of aromatic nitrogens is 1. The molecule has 2 heterocycles. The van der Waals surface area contributed by atoms with E-state index in [-0.39, 0.29) is 21.7 Å². The lowest BCUT2D eigenvalue weighted by Gasteiger charge is -2.28. The molecule has 11 heteroatoms. The first-order chi connectivity index (χ1) is 18.4. The van der Waals surface area contributed by atoms with Crippen molar-refractivity contribution < 1.29 is 23.1 Å². The number of thiazole rings is 1. The Hall–Kier alpha value is -4.35. The molecule has 1 aromatic heterocycles. The number of carbonyl (C=O) groups excluding carboxylic acids is 2. The van der Waals surface area contributed by atoms with E-state index in [1.165, 1.54) is 6.07 Å². The van der Waals surface area contributed by atoms with Crippen molar-refractivity contribution in [2.45, 2.75) is 0 Å². The summed E-state index contributed by atoms with van der Waals surface area (Å²) in [6.07, 6.45) is 0. The summed E-state index contributed by atoms with van der Waals surface area (Å²) in [6, 6.07) is 17.5. The van der Waals surface area contributed by atoms with E-state index in [0.717, 1.165) is 42.2 Å². The standard InChI is InChI=1S/C27H23F2N5O3S/c28-20-2-1-3-21(29)22(20)23(35)24-25(30)33-27(38-24)32-18-6-4-16(5-7-18)26(36)31-17-8-10-19(11-9-17)34-12-14-37-15-13-34/h1-11H,12-15,30H2,(H,31,36)(H,32,33). The molecule has 194 valence electrons. The average Bonchev–Trinajstić information content (AvgIpc) is 3.29. The van der Waals surface area contributed by atoms with Gasteiger partial charge in [0.25, 0.3) is 5.91 Å². The molecule has 4 N–H and O–H groups in total. The van der Waals surface area contributed by atoms with Crippen LogP contribution >= 0.6 is 11.3 Å². The van der Waals surface area contributed by atoms with Crippen LogP contribution in [0.15, 0.2) is 66.7 Å². The number of ketones is 1. The zero-order valence-corrected chi connectivity index (χ0v) is 20.9. The van der Waals surface area contributed by atoms with Gasteiger partial charge in [0.15, 0.2) is 5.13 Å². The van der Waals surface area contributed by atoms with Gasteiger partial charge in [0.1, 0.15) is 22.3 Å². The first-order valence-electron chi connectivity index (χ1n) is 11.8. The molecule has 0 unspecified atom stereocenters. The zero-order chi connectivity index (χ0) is 26.6. The van der Waals surface area contributed by atoms with Crippen LogP contribution in [0.4, 0.5) is 36.8 Å². The predicted octanol–water partition coefficient (Wildman–Crippen LogP) is 5.07. The maximum atomic E-state index is 14.0. The molecular formula is C27H23F2N5O3S. The maximum Gasteiger partial charge on any atom is 0.255 e. The summed E-state index contributed by atoms with van der Waals surface area (Å²) in [5, 5.41) is 6.14. The second kappa shape index (κ2) is 11.0. The van der Waals surface area contributed by atoms with E-state index in [1.807, 2.05) is 24.3 Å². The highest BCUT2D eigenvalue weighted by Crippen LogP contribution is 2.31. The fourth-order valence-electron chi connectivity index (χ4n) is 3.99. The number of nitrogens with two attached hydrogens (primary N) is 1. The average molecular weight is 536 g/mol. The number of nitrogens with one attached hydrogen (secondary N) is 2. The van der Waals surface area contributed by atoms with Crippen molar-refractivity contribution in [1.29, 1.82) is 0 Å². The minimum Gasteiger partial charge on any atom is -0.382 e. The molecule has 4 aromatic rings. The molecule has 8 nitrogen and oxygen atoms in total. The monoisotopic (exact) mass is 535 g/mol. The number of ether oxygens (including phenoxy) is 1. The van der Waals surface area contributed by atoms with Crippen molar-refractivity contribution in [1.82, 2.24) is 4.98 Å². The number of nitrogen functional groups attached to an aromatic ring is 1. The maximum absolute atomic E-state index is 14.0. The first kappa shape index (κ1) is 25.3. The lowest BCUT2D eigenvalue weighted by molar-refractivity contribution is 0.102. The number of halogens is 2. The number of hydrogen-bond acceptors (Lipinski definition) is 8. The SMILES string of the molecule is Nc1nc(Nc2ccc(C(=O)Nc3ccc(N4CCOCC4)cc3)cc2)sc1C(=O)c1c(F)cccc1F. The molecule has 0 atom stereocenters. The van der Waals surface area contributed by atoms with Gasteiger partial charge in [-0.3, -0.25) is 9.59 Å². The fourth-order valence-corrected chi connectivity index (χ4v) is 4.84. The minimum absolute atomic E-state index is 0.0767. The van der Waals surface area contributed by atoms with E-state index in [9.17, 15) is 18.4 Å². The number of amides is 1. The van der Waals surface area contributed by atoms with Gasteiger partial charge < -0.3 is 26.0 Å². The molecule has 38 heavy (non-hydrogen) atoms. The van der Waals surface area contributed by atoms with Crippen LogP contribution in [-0.4, -0.2) is 43.0 Å². The molecule has 0 aliphatic carbocycles. The molecule has 1 saturated heterocycles. The number of anilines is 5. The van der Waals surface area contributed by atoms with Crippen molar-refractivity contribution in [2.75, 3.05) is 47.6 Å². The molecule has 1 aliphatic heterocycles. The smallest absolute Gasteiger partial charge is 0.255 e. The van der Waals surface area contributed by atoms with Crippen LogP contribution in [0.2, 0.25) is 0 Å². The molecule has 1 aliphatic rings. The minimum atomic E-state index is -0.973. The largest absolute Gasteiger partial charge is 0.382 e. The Kier molecular flexibility index (Phi) is 7.29. The lowest BCUT2D eigenvalue weighted by atomic mass is 10.1. The van der Waals surface area contributed by atoms with Crippen molar-refractivity contribution in [3.8, 4) is 0 Å². The van der Waals surface area contributed by atoms with E-state index >= 15 is 0 Å². The Bertz CT molecular complexity index is 1450. The second-order valence-corrected chi connectivity index (χ2v) is 9.46. The van der Waals surface area contributed by atoms with E-state index in [1.54, 1.807) is 24.3 Å². The third kappa shape index (κ3) is 5.48. The number of hydrogen-bond donors (Lipinski definition) is 3. The van der Waals surface area contributed by atoms with Gasteiger partial charge in [0.05, 0.1) is 18.8 Å². The molecular weight excluding hydrogens is 512 g/mol. The Morgan fingerprint density at radius 1 is 0.921 bits per heavy atom. The van der Waals surface area contributed by atoms with Crippen molar-refractivity contribution in [2.24, 2.45) is 0 Å². The number of morpholine rings is 1. The molecule has 0 radical (unpaired) electrons. The topological polar surface area (TPSA) is 110 Å². The zero-order valence-electron chi connectivity index (χ0n) is 20.0. The third-order valence-electron chi connectivity index (χ3n) is 5.95. The molecule has 0 spiro atoms. The van der Waals surface area contributed by atoms with Crippen LogP contribution in [0.5, 0.6) is 0 Å². The van der Waals surface area contributed by atoms with Gasteiger partial charge in [0.2, 0.25) is 5.78 Å². The Morgan fingerprint density at radius 3 is 2.21 bits per heavy atom. The van der Waals surface area contributed by atoms with E-state index in [0.29, 0.717) is 30.2 Å². The van der Waals surface area contributed by atoms with Crippen molar-refractivity contribution in [3.63, 3.8) is 0 Å². The summed E-state index contributed by atoms with van der Waals surface area (Å²) in [4.78, 5) is 31.6. The number of benzene rings is 3. The predicted molar refractivity (Wildman–Crippen MR) is 143 cm³/mol. The summed E-state index contributed by atoms with van der Waals surface area (Å²) in [7, 11) is 0. The van der Waals surface area contributed by atoms with Crippen LogP contribution in [0, 0.1) is 11.6 Å². The number of carbonyl (C=O) groups is 2. The van der Waals surface area contributed by atoms with E-state index in [2.05, 4.69) is 20.5 Å². The summed E-state index contributed by atoms with van der Waals surface area (Å²) in [5.74, 6) is -3.23. The summed E-state index contributed by atoms with van der Waals surface area (Å²) < 4.78 is 33.4. The summed E-state index contributed by atoms with van der Waals surface area (Å²) in [6.45, 7) is 3.07. The van der Waals surface area contributed by atoms with Crippen LogP contribution < -0.4 is 21.3 Å². The van der Waals surface area contributed by atoms with E-state index in [4.69, 9.17) is 10.5 Å². The van der Waals surface area contributed by atoms with Crippen LogP contribution in [0.25, 0.3) is 0 Å². The molecule has 5 rings (SSSR count). The molecule has 0 saturated carbocycles. The Balaban J connectivity index is 1.22. The van der Waals surface area contributed by atoms with Gasteiger partial charge in [-0.25, -0.2) is 13.8 Å². The fraction of sp³-hybridized carbons (Fsp3) is 0.148. The highest BCUT2D eigenvalue weighted by molar-refractivity contribution is 7.18. The molecule has 3 aromatic carbocycles. The number of nitrogens with zero attached hydrogens (tertiary/aromatic N) is 2. The normalized spacial score (nSPS) is 13.3. The van der Waals surface area contributed by atoms with Crippen LogP contribution in [0.3, 0.4) is 0 Å². The van der Waals surface area contributed by atoms with Crippen molar-refractivity contribution in [3.05, 3.63) is 94.4 Å². The third-order valence-corrected chi connectivity index (χ3v) is 6.93. The molecule has 0 bridgehead atoms. The van der Waals surface area contributed by atoms with Gasteiger partial charge in [-0.1, -0.05) is 17.4 Å². The lowest BCUT2D eigenvalue weighted by Crippen LogP contribution is -2.36. The van der Waals surface area contributed by atoms with Crippen molar-refractivity contribution >= 4 is 51.0 Å². The molecule has 1 fully saturated rings. The first-order valence-corrected chi connectivity index (χ1v) is 12.6. The Labute approximate surface area is 221 Å². The van der Waals surface area contributed by atoms with Gasteiger partial charge in [-0.05, 0) is 60.7 Å². The van der Waals surface area contributed by atoms with Crippen LogP contribution in [0.1, 0.15) is 25.6 Å². The Morgan fingerprint density at radius 2 is 1.55 bits per heavy atom. The van der Waals surface area contributed by atoms with Gasteiger partial charge in [0, 0.05) is 35.7 Å². The number of rotatable bonds is 7. The van der Waals surface area contributed by atoms with Gasteiger partial charge in [-0.15, -0.1) is 0 Å². The molecule has 1 amide bonds. The quantitative estimate of drug-likeness (QED) is 0.284. The highest BCUT2D eigenvalue weighted by atomic mass is 32.1. The van der Waals surface area contributed by atoms with Crippen LogP contribution in [-0.2, 0) is 4.74 Å².